The van der Waals surface area contributed by atoms with Crippen molar-refractivity contribution in [3.05, 3.63) is 57.5 Å². The van der Waals surface area contributed by atoms with Crippen molar-refractivity contribution in [3.8, 4) is 0 Å². The summed E-state index contributed by atoms with van der Waals surface area (Å²) in [4.78, 5) is 12.4. The van der Waals surface area contributed by atoms with E-state index in [4.69, 9.17) is 4.42 Å². The number of carbonyl (C=O) groups is 1. The number of amides is 1. The third-order valence-corrected chi connectivity index (χ3v) is 4.38. The molecule has 3 rings (SSSR count). The Balaban J connectivity index is 1.81. The van der Waals surface area contributed by atoms with Gasteiger partial charge in [0.15, 0.2) is 0 Å². The Labute approximate surface area is 126 Å². The van der Waals surface area contributed by atoms with Gasteiger partial charge in [-0.25, -0.2) is 0 Å². The molecule has 1 aromatic carbocycles. The van der Waals surface area contributed by atoms with Gasteiger partial charge < -0.3 is 9.73 Å². The second-order valence-corrected chi connectivity index (χ2v) is 6.06. The maximum atomic E-state index is 12.4. The van der Waals surface area contributed by atoms with E-state index < -0.39 is 0 Å². The van der Waals surface area contributed by atoms with E-state index in [0.717, 1.165) is 40.6 Å². The third-order valence-electron chi connectivity index (χ3n) is 3.73. The van der Waals surface area contributed by atoms with Crippen LogP contribution in [0, 0.1) is 6.92 Å². The zero-order valence-corrected chi connectivity index (χ0v) is 12.9. The molecule has 1 aromatic heterocycles. The van der Waals surface area contributed by atoms with Gasteiger partial charge in [0, 0.05) is 16.5 Å². The van der Waals surface area contributed by atoms with E-state index in [0.29, 0.717) is 5.56 Å². The molecule has 1 aliphatic carbocycles. The van der Waals surface area contributed by atoms with Crippen molar-refractivity contribution >= 4 is 21.8 Å². The smallest absolute Gasteiger partial charge is 0.252 e. The Hall–Kier alpha value is -1.55. The van der Waals surface area contributed by atoms with Gasteiger partial charge in [-0.1, -0.05) is 6.07 Å². The predicted octanol–water partition coefficient (Wildman–Crippen LogP) is 4.16. The van der Waals surface area contributed by atoms with Crippen molar-refractivity contribution in [2.75, 3.05) is 0 Å². The van der Waals surface area contributed by atoms with Gasteiger partial charge in [0.05, 0.1) is 17.9 Å². The summed E-state index contributed by atoms with van der Waals surface area (Å²) in [7, 11) is 0. The molecule has 1 amide bonds. The Morgan fingerprint density at radius 3 is 3.05 bits per heavy atom. The minimum absolute atomic E-state index is 0.0454. The molecule has 104 valence electrons. The fourth-order valence-corrected chi connectivity index (χ4v) is 3.35. The molecule has 0 spiro atoms. The molecule has 0 saturated carbocycles. The summed E-state index contributed by atoms with van der Waals surface area (Å²) in [5, 5.41) is 3.11. The zero-order valence-electron chi connectivity index (χ0n) is 11.3. The zero-order chi connectivity index (χ0) is 14.1. The summed E-state index contributed by atoms with van der Waals surface area (Å²) >= 11 is 3.46. The van der Waals surface area contributed by atoms with Crippen LogP contribution in [0.1, 0.15) is 46.1 Å². The number of aryl methyl sites for hydroxylation is 2. The Kier molecular flexibility index (Phi) is 3.66. The van der Waals surface area contributed by atoms with Crippen LogP contribution in [0.15, 0.2) is 39.4 Å². The Bertz CT molecular complexity index is 648. The molecular weight excluding hydrogens is 318 g/mol. The van der Waals surface area contributed by atoms with E-state index in [2.05, 4.69) is 21.2 Å². The van der Waals surface area contributed by atoms with Crippen molar-refractivity contribution < 1.29 is 9.21 Å². The van der Waals surface area contributed by atoms with Gasteiger partial charge in [0.1, 0.15) is 5.76 Å². The summed E-state index contributed by atoms with van der Waals surface area (Å²) in [6.07, 6.45) is 4.67. The summed E-state index contributed by atoms with van der Waals surface area (Å²) in [6, 6.07) is 7.78. The van der Waals surface area contributed by atoms with Gasteiger partial charge in [0.2, 0.25) is 0 Å². The van der Waals surface area contributed by atoms with Crippen LogP contribution >= 0.6 is 15.9 Å². The monoisotopic (exact) mass is 333 g/mol. The number of halogens is 1. The van der Waals surface area contributed by atoms with Crippen molar-refractivity contribution in [1.82, 2.24) is 5.32 Å². The lowest BCUT2D eigenvalue weighted by atomic mass is 9.93. The highest BCUT2D eigenvalue weighted by Gasteiger charge is 2.24. The highest BCUT2D eigenvalue weighted by molar-refractivity contribution is 9.10. The maximum Gasteiger partial charge on any atom is 0.252 e. The van der Waals surface area contributed by atoms with Crippen LogP contribution in [0.25, 0.3) is 0 Å². The van der Waals surface area contributed by atoms with Gasteiger partial charge in [-0.15, -0.1) is 0 Å². The Morgan fingerprint density at radius 2 is 2.25 bits per heavy atom. The first-order valence-corrected chi connectivity index (χ1v) is 7.58. The van der Waals surface area contributed by atoms with Crippen LogP contribution in [0.4, 0.5) is 0 Å². The van der Waals surface area contributed by atoms with Crippen LogP contribution in [0.3, 0.4) is 0 Å². The van der Waals surface area contributed by atoms with Crippen molar-refractivity contribution in [2.45, 2.75) is 32.2 Å². The fourth-order valence-electron chi connectivity index (χ4n) is 2.68. The van der Waals surface area contributed by atoms with Gasteiger partial charge in [0.25, 0.3) is 5.91 Å². The van der Waals surface area contributed by atoms with Gasteiger partial charge in [-0.3, -0.25) is 4.79 Å². The normalized spacial score (nSPS) is 17.6. The third kappa shape index (κ3) is 2.52. The average molecular weight is 334 g/mol. The fraction of sp³-hybridized carbons (Fsp3) is 0.312. The van der Waals surface area contributed by atoms with E-state index in [1.54, 1.807) is 6.26 Å². The molecule has 1 heterocycles. The molecule has 0 bridgehead atoms. The largest absolute Gasteiger partial charge is 0.469 e. The van der Waals surface area contributed by atoms with E-state index in [1.165, 1.54) is 0 Å². The van der Waals surface area contributed by atoms with Crippen LogP contribution < -0.4 is 5.32 Å². The molecule has 1 aliphatic rings. The number of nitrogens with one attached hydrogen (secondary N) is 1. The molecule has 3 nitrogen and oxygen atoms in total. The number of furan rings is 1. The van der Waals surface area contributed by atoms with Crippen LogP contribution in [0.2, 0.25) is 0 Å². The first-order chi connectivity index (χ1) is 9.65. The summed E-state index contributed by atoms with van der Waals surface area (Å²) in [5.41, 5.74) is 2.92. The van der Waals surface area contributed by atoms with E-state index in [9.17, 15) is 4.79 Å². The van der Waals surface area contributed by atoms with Crippen LogP contribution in [0.5, 0.6) is 0 Å². The second kappa shape index (κ2) is 5.44. The van der Waals surface area contributed by atoms with Crippen molar-refractivity contribution in [3.63, 3.8) is 0 Å². The van der Waals surface area contributed by atoms with E-state index >= 15 is 0 Å². The van der Waals surface area contributed by atoms with Gasteiger partial charge in [-0.05, 0) is 59.5 Å². The van der Waals surface area contributed by atoms with E-state index in [-0.39, 0.29) is 11.9 Å². The molecule has 0 saturated heterocycles. The summed E-state index contributed by atoms with van der Waals surface area (Å²) < 4.78 is 6.28. The number of benzene rings is 1. The lowest BCUT2D eigenvalue weighted by Crippen LogP contribution is -2.30. The van der Waals surface area contributed by atoms with Crippen molar-refractivity contribution in [2.24, 2.45) is 0 Å². The number of hydrogen-bond acceptors (Lipinski definition) is 2. The average Bonchev–Trinajstić information content (AvgIpc) is 2.87. The van der Waals surface area contributed by atoms with Crippen LogP contribution in [-0.4, -0.2) is 5.91 Å². The van der Waals surface area contributed by atoms with Gasteiger partial charge >= 0.3 is 0 Å². The second-order valence-electron chi connectivity index (χ2n) is 5.20. The molecule has 20 heavy (non-hydrogen) atoms. The quantitative estimate of drug-likeness (QED) is 0.896. The predicted molar refractivity (Wildman–Crippen MR) is 80.7 cm³/mol. The molecule has 0 radical (unpaired) electrons. The molecule has 2 aromatic rings. The molecule has 0 fully saturated rings. The number of rotatable bonds is 2. The first-order valence-electron chi connectivity index (χ1n) is 6.78. The van der Waals surface area contributed by atoms with Crippen LogP contribution in [-0.2, 0) is 6.42 Å². The SMILES string of the molecule is Cc1ccc(C(=O)NC2CCCc3occc32)c(Br)c1. The minimum atomic E-state index is -0.0454. The molecule has 1 atom stereocenters. The highest BCUT2D eigenvalue weighted by atomic mass is 79.9. The molecule has 1 N–H and O–H groups in total. The lowest BCUT2D eigenvalue weighted by molar-refractivity contribution is 0.0931. The standard InChI is InChI=1S/C16H16BrNO2/c1-10-5-6-11(13(17)9-10)16(19)18-14-3-2-4-15-12(14)7-8-20-15/h5-9,14H,2-4H2,1H3,(H,18,19). The summed E-state index contributed by atoms with van der Waals surface area (Å²) in [5.74, 6) is 0.959. The highest BCUT2D eigenvalue weighted by Crippen LogP contribution is 2.31. The van der Waals surface area contributed by atoms with E-state index in [1.807, 2.05) is 31.2 Å². The first kappa shape index (κ1) is 13.4. The number of carbonyl (C=O) groups excluding carboxylic acids is 1. The number of fused-ring (bicyclic) bond motifs is 1. The molecule has 0 aliphatic heterocycles. The summed E-state index contributed by atoms with van der Waals surface area (Å²) in [6.45, 7) is 2.01. The molecule has 4 heteroatoms. The topological polar surface area (TPSA) is 42.2 Å². The minimum Gasteiger partial charge on any atom is -0.469 e. The Morgan fingerprint density at radius 1 is 1.40 bits per heavy atom. The molecule has 1 unspecified atom stereocenters. The number of hydrogen-bond donors (Lipinski definition) is 1. The lowest BCUT2D eigenvalue weighted by Gasteiger charge is -2.23. The van der Waals surface area contributed by atoms with Crippen molar-refractivity contribution in [1.29, 1.82) is 0 Å². The van der Waals surface area contributed by atoms with Gasteiger partial charge in [-0.2, -0.15) is 0 Å². The molecular formula is C16H16BrNO2. The maximum absolute atomic E-state index is 12.4.